The normalized spacial score (nSPS) is 9.67. The summed E-state index contributed by atoms with van der Waals surface area (Å²) in [5.74, 6) is 0.540. The Morgan fingerprint density at radius 1 is 1.60 bits per heavy atom. The Morgan fingerprint density at radius 3 is 3.07 bits per heavy atom. The Morgan fingerprint density at radius 2 is 2.40 bits per heavy atom. The van der Waals surface area contributed by atoms with E-state index in [0.717, 1.165) is 12.8 Å². The van der Waals surface area contributed by atoms with Gasteiger partial charge in [0.1, 0.15) is 5.82 Å². The van der Waals surface area contributed by atoms with Crippen LogP contribution >= 0.6 is 0 Å². The topological polar surface area (TPSA) is 92.9 Å². The Kier molecular flexibility index (Phi) is 4.33. The summed E-state index contributed by atoms with van der Waals surface area (Å²) < 4.78 is 0. The van der Waals surface area contributed by atoms with E-state index in [4.69, 9.17) is 5.73 Å². The van der Waals surface area contributed by atoms with E-state index in [1.165, 1.54) is 6.20 Å². The molecule has 1 aromatic heterocycles. The summed E-state index contributed by atoms with van der Waals surface area (Å²) in [6.07, 6.45) is 3.49. The molecular formula is C9H15N5O. The molecule has 0 fully saturated rings. The van der Waals surface area contributed by atoms with Gasteiger partial charge >= 0.3 is 6.03 Å². The fourth-order valence-electron chi connectivity index (χ4n) is 0.983. The molecule has 0 saturated carbocycles. The summed E-state index contributed by atoms with van der Waals surface area (Å²) in [6, 6.07) is 1.30. The number of nitrogens with two attached hydrogens (primary N) is 1. The van der Waals surface area contributed by atoms with Crippen LogP contribution in [0.1, 0.15) is 19.8 Å². The predicted molar refractivity (Wildman–Crippen MR) is 58.4 cm³/mol. The quantitative estimate of drug-likeness (QED) is 0.644. The van der Waals surface area contributed by atoms with Crippen LogP contribution in [0.2, 0.25) is 0 Å². The third-order valence-corrected chi connectivity index (χ3v) is 1.73. The van der Waals surface area contributed by atoms with Gasteiger partial charge in [-0.3, -0.25) is 5.32 Å². The van der Waals surface area contributed by atoms with Crippen molar-refractivity contribution in [3.05, 3.63) is 12.3 Å². The van der Waals surface area contributed by atoms with E-state index in [1.54, 1.807) is 6.07 Å². The summed E-state index contributed by atoms with van der Waals surface area (Å²) in [6.45, 7) is 2.72. The van der Waals surface area contributed by atoms with Crippen LogP contribution < -0.4 is 16.4 Å². The number of anilines is 2. The third-order valence-electron chi connectivity index (χ3n) is 1.73. The molecule has 82 valence electrons. The van der Waals surface area contributed by atoms with E-state index >= 15 is 0 Å². The molecule has 6 heteroatoms. The largest absolute Gasteiger partial charge is 0.368 e. The molecule has 0 aliphatic rings. The lowest BCUT2D eigenvalue weighted by atomic mass is 10.3. The maximum Gasteiger partial charge on any atom is 0.320 e. The number of hydrogen-bond acceptors (Lipinski definition) is 4. The molecule has 1 rings (SSSR count). The molecule has 0 bridgehead atoms. The Balaban J connectivity index is 2.37. The molecule has 6 nitrogen and oxygen atoms in total. The molecule has 0 atom stereocenters. The summed E-state index contributed by atoms with van der Waals surface area (Å²) in [5.41, 5.74) is 5.36. The molecule has 2 amide bonds. The van der Waals surface area contributed by atoms with Gasteiger partial charge in [0.15, 0.2) is 0 Å². The van der Waals surface area contributed by atoms with Crippen molar-refractivity contribution in [2.75, 3.05) is 17.6 Å². The number of urea groups is 1. The van der Waals surface area contributed by atoms with Crippen LogP contribution in [0.3, 0.4) is 0 Å². The average Bonchev–Trinajstić information content (AvgIpc) is 2.18. The highest BCUT2D eigenvalue weighted by Crippen LogP contribution is 2.01. The van der Waals surface area contributed by atoms with Gasteiger partial charge in [-0.2, -0.15) is 4.98 Å². The molecular weight excluding hydrogens is 194 g/mol. The van der Waals surface area contributed by atoms with E-state index < -0.39 is 0 Å². The SMILES string of the molecule is CCCCNC(=O)Nc1ccnc(N)n1. The van der Waals surface area contributed by atoms with Crippen LogP contribution in [-0.2, 0) is 0 Å². The van der Waals surface area contributed by atoms with Gasteiger partial charge in [0.25, 0.3) is 0 Å². The number of nitrogen functional groups attached to an aromatic ring is 1. The van der Waals surface area contributed by atoms with E-state index in [1.807, 2.05) is 0 Å². The fraction of sp³-hybridized carbons (Fsp3) is 0.444. The van der Waals surface area contributed by atoms with Gasteiger partial charge in [-0.15, -0.1) is 0 Å². The summed E-state index contributed by atoms with van der Waals surface area (Å²) >= 11 is 0. The first-order valence-electron chi connectivity index (χ1n) is 4.85. The molecule has 15 heavy (non-hydrogen) atoms. The van der Waals surface area contributed by atoms with Gasteiger partial charge < -0.3 is 11.1 Å². The second-order valence-electron chi connectivity index (χ2n) is 3.03. The molecule has 0 aliphatic heterocycles. The van der Waals surface area contributed by atoms with Gasteiger partial charge in [-0.25, -0.2) is 9.78 Å². The standard InChI is InChI=1S/C9H15N5O/c1-2-3-5-12-9(15)14-7-4-6-11-8(10)13-7/h4,6H,2-3,5H2,1H3,(H4,10,11,12,13,14,15). The minimum absolute atomic E-state index is 0.140. The summed E-state index contributed by atoms with van der Waals surface area (Å²) in [4.78, 5) is 18.8. The van der Waals surface area contributed by atoms with Crippen molar-refractivity contribution < 1.29 is 4.79 Å². The lowest BCUT2D eigenvalue weighted by Gasteiger charge is -2.05. The van der Waals surface area contributed by atoms with E-state index in [0.29, 0.717) is 12.4 Å². The van der Waals surface area contributed by atoms with Crippen molar-refractivity contribution in [2.45, 2.75) is 19.8 Å². The highest BCUT2D eigenvalue weighted by molar-refractivity contribution is 5.88. The molecule has 0 aromatic carbocycles. The minimum atomic E-state index is -0.276. The van der Waals surface area contributed by atoms with E-state index in [-0.39, 0.29) is 12.0 Å². The first-order valence-corrected chi connectivity index (χ1v) is 4.85. The third kappa shape index (κ3) is 4.26. The number of carbonyl (C=O) groups excluding carboxylic acids is 1. The Hall–Kier alpha value is -1.85. The lowest BCUT2D eigenvalue weighted by molar-refractivity contribution is 0.252. The molecule has 0 unspecified atom stereocenters. The summed E-state index contributed by atoms with van der Waals surface area (Å²) in [7, 11) is 0. The van der Waals surface area contributed by atoms with Gasteiger partial charge in [-0.1, -0.05) is 13.3 Å². The minimum Gasteiger partial charge on any atom is -0.368 e. The molecule has 1 aromatic rings. The number of carbonyl (C=O) groups is 1. The molecule has 0 aliphatic carbocycles. The molecule has 4 N–H and O–H groups in total. The zero-order valence-corrected chi connectivity index (χ0v) is 8.66. The van der Waals surface area contributed by atoms with Crippen molar-refractivity contribution in [1.29, 1.82) is 0 Å². The number of hydrogen-bond donors (Lipinski definition) is 3. The highest BCUT2D eigenvalue weighted by atomic mass is 16.2. The number of nitrogens with zero attached hydrogens (tertiary/aromatic N) is 2. The zero-order chi connectivity index (χ0) is 11.1. The maximum atomic E-state index is 11.3. The van der Waals surface area contributed by atoms with E-state index in [2.05, 4.69) is 27.5 Å². The van der Waals surface area contributed by atoms with Crippen molar-refractivity contribution in [3.63, 3.8) is 0 Å². The van der Waals surface area contributed by atoms with Gasteiger partial charge in [-0.05, 0) is 12.5 Å². The highest BCUT2D eigenvalue weighted by Gasteiger charge is 2.01. The number of nitrogens with one attached hydrogen (secondary N) is 2. The molecule has 1 heterocycles. The second kappa shape index (κ2) is 5.79. The number of unbranched alkanes of at least 4 members (excludes halogenated alkanes) is 1. The number of aromatic nitrogens is 2. The van der Waals surface area contributed by atoms with Crippen molar-refractivity contribution in [3.8, 4) is 0 Å². The first kappa shape index (κ1) is 11.2. The fourth-order valence-corrected chi connectivity index (χ4v) is 0.983. The van der Waals surface area contributed by atoms with E-state index in [9.17, 15) is 4.79 Å². The van der Waals surface area contributed by atoms with Gasteiger partial charge in [0.2, 0.25) is 5.95 Å². The molecule has 0 radical (unpaired) electrons. The monoisotopic (exact) mass is 209 g/mol. The average molecular weight is 209 g/mol. The van der Waals surface area contributed by atoms with Crippen LogP contribution in [0.4, 0.5) is 16.6 Å². The van der Waals surface area contributed by atoms with Crippen LogP contribution in [0.15, 0.2) is 12.3 Å². The Labute approximate surface area is 88.3 Å². The zero-order valence-electron chi connectivity index (χ0n) is 8.66. The molecule has 0 spiro atoms. The van der Waals surface area contributed by atoms with Crippen molar-refractivity contribution >= 4 is 17.8 Å². The van der Waals surface area contributed by atoms with Crippen molar-refractivity contribution in [2.24, 2.45) is 0 Å². The molecule has 0 saturated heterocycles. The summed E-state index contributed by atoms with van der Waals surface area (Å²) in [5, 5.41) is 5.26. The first-order chi connectivity index (χ1) is 7.22. The van der Waals surface area contributed by atoms with Crippen LogP contribution in [-0.4, -0.2) is 22.5 Å². The van der Waals surface area contributed by atoms with Crippen LogP contribution in [0, 0.1) is 0 Å². The number of rotatable bonds is 4. The van der Waals surface area contributed by atoms with Gasteiger partial charge in [0, 0.05) is 12.7 Å². The van der Waals surface area contributed by atoms with Crippen LogP contribution in [0.5, 0.6) is 0 Å². The number of amides is 2. The second-order valence-corrected chi connectivity index (χ2v) is 3.03. The lowest BCUT2D eigenvalue weighted by Crippen LogP contribution is -2.29. The van der Waals surface area contributed by atoms with Crippen molar-refractivity contribution in [1.82, 2.24) is 15.3 Å². The van der Waals surface area contributed by atoms with Crippen LogP contribution in [0.25, 0.3) is 0 Å². The predicted octanol–water partition coefficient (Wildman–Crippen LogP) is 0.980. The maximum absolute atomic E-state index is 11.3. The Bertz CT molecular complexity index is 328. The van der Waals surface area contributed by atoms with Gasteiger partial charge in [0.05, 0.1) is 0 Å². The smallest absolute Gasteiger partial charge is 0.320 e.